The molecule has 0 fully saturated rings. The van der Waals surface area contributed by atoms with Gasteiger partial charge in [-0.3, -0.25) is 4.79 Å². The average Bonchev–Trinajstić information content (AvgIpc) is 2.39. The van der Waals surface area contributed by atoms with E-state index in [-0.39, 0.29) is 30.8 Å². The zero-order valence-electron chi connectivity index (χ0n) is 13.4. The summed E-state index contributed by atoms with van der Waals surface area (Å²) in [6, 6.07) is 0. The highest BCUT2D eigenvalue weighted by molar-refractivity contribution is 5.84. The Morgan fingerprint density at radius 3 is 1.19 bits per heavy atom. The Morgan fingerprint density at radius 2 is 1.19 bits per heavy atom. The number of rotatable bonds is 5. The Kier molecular flexibility index (Phi) is 13.2. The second-order valence-corrected chi connectivity index (χ2v) is 5.91. The largest absolute Gasteiger partial charge is 0.481 e. The summed E-state index contributed by atoms with van der Waals surface area (Å²) in [7, 11) is 0. The van der Waals surface area contributed by atoms with E-state index >= 15 is 0 Å². The molecule has 0 aromatic heterocycles. The molecule has 0 spiro atoms. The van der Waals surface area contributed by atoms with Gasteiger partial charge in [-0.15, -0.1) is 0 Å². The fourth-order valence-corrected chi connectivity index (χ4v) is 0.118. The monoisotopic (exact) mass is 308 g/mol. The number of aliphatic carboxylic acids is 2. The van der Waals surface area contributed by atoms with Crippen LogP contribution in [0.5, 0.6) is 0 Å². The van der Waals surface area contributed by atoms with Crippen molar-refractivity contribution in [2.45, 2.75) is 34.6 Å². The lowest BCUT2D eigenvalue weighted by molar-refractivity contribution is -0.149. The smallest absolute Gasteiger partial charge is 0.330 e. The molecule has 0 amide bonds. The minimum absolute atomic E-state index is 0.0451. The fraction of sp³-hybridized carbons (Fsp3) is 0.714. The average molecular weight is 308 g/mol. The molecular weight excluding hydrogens is 280 g/mol. The van der Waals surface area contributed by atoms with Crippen LogP contribution in [0.1, 0.15) is 34.6 Å². The van der Waals surface area contributed by atoms with Crippen molar-refractivity contribution in [3.05, 3.63) is 12.2 Å². The van der Waals surface area contributed by atoms with Gasteiger partial charge in [-0.25, -0.2) is 4.79 Å². The minimum Gasteiger partial charge on any atom is -0.481 e. The molecule has 0 heterocycles. The lowest BCUT2D eigenvalue weighted by Gasteiger charge is -2.16. The van der Waals surface area contributed by atoms with Crippen molar-refractivity contribution in [3.8, 4) is 0 Å². The van der Waals surface area contributed by atoms with Crippen molar-refractivity contribution in [3.63, 3.8) is 0 Å². The lowest BCUT2D eigenvalue weighted by atomic mass is 9.96. The molecule has 7 nitrogen and oxygen atoms in total. The number of hydrogen-bond acceptors (Lipinski definition) is 5. The third-order valence-electron chi connectivity index (χ3n) is 2.20. The molecule has 0 unspecified atom stereocenters. The Balaban J connectivity index is -0.000000234. The first kappa shape index (κ1) is 24.6. The molecule has 126 valence electrons. The van der Waals surface area contributed by atoms with Gasteiger partial charge in [-0.05, 0) is 20.8 Å². The SMILES string of the molecule is C=C(C)C(=O)O.CC(C)(CO)C(=O)O.CC(C)(CO)CO. The summed E-state index contributed by atoms with van der Waals surface area (Å²) in [5, 5.41) is 41.4. The minimum atomic E-state index is -0.986. The van der Waals surface area contributed by atoms with Crippen molar-refractivity contribution in [1.82, 2.24) is 0 Å². The van der Waals surface area contributed by atoms with E-state index in [2.05, 4.69) is 6.58 Å². The molecule has 0 rings (SSSR count). The van der Waals surface area contributed by atoms with Gasteiger partial charge in [0.25, 0.3) is 0 Å². The number of hydrogen-bond donors (Lipinski definition) is 5. The molecule has 0 aliphatic carbocycles. The maximum atomic E-state index is 10.1. The summed E-state index contributed by atoms with van der Waals surface area (Å²) in [6.45, 7) is 10.9. The second-order valence-electron chi connectivity index (χ2n) is 5.91. The molecule has 0 aliphatic heterocycles. The molecule has 5 N–H and O–H groups in total. The number of carboxylic acid groups (broad SMARTS) is 2. The zero-order valence-corrected chi connectivity index (χ0v) is 13.4. The van der Waals surface area contributed by atoms with Gasteiger partial charge in [0.15, 0.2) is 0 Å². The second kappa shape index (κ2) is 11.2. The Hall–Kier alpha value is -1.44. The first-order chi connectivity index (χ1) is 9.27. The third kappa shape index (κ3) is 16.5. The third-order valence-corrected chi connectivity index (χ3v) is 2.20. The molecule has 0 atom stereocenters. The Bertz CT molecular complexity index is 314. The number of carbonyl (C=O) groups is 2. The normalized spacial score (nSPS) is 10.5. The van der Waals surface area contributed by atoms with Crippen LogP contribution < -0.4 is 0 Å². The molecule has 21 heavy (non-hydrogen) atoms. The van der Waals surface area contributed by atoms with E-state index in [0.29, 0.717) is 0 Å². The highest BCUT2D eigenvalue weighted by Gasteiger charge is 2.25. The van der Waals surface area contributed by atoms with Gasteiger partial charge in [0.2, 0.25) is 0 Å². The van der Waals surface area contributed by atoms with E-state index in [1.165, 1.54) is 20.8 Å². The van der Waals surface area contributed by atoms with Crippen molar-refractivity contribution >= 4 is 11.9 Å². The number of carboxylic acids is 2. The highest BCUT2D eigenvalue weighted by atomic mass is 16.4. The summed E-state index contributed by atoms with van der Waals surface area (Å²) in [5.74, 6) is -1.91. The molecule has 7 heteroatoms. The topological polar surface area (TPSA) is 135 Å². The van der Waals surface area contributed by atoms with Crippen molar-refractivity contribution < 1.29 is 35.1 Å². The van der Waals surface area contributed by atoms with E-state index in [0.717, 1.165) is 0 Å². The van der Waals surface area contributed by atoms with E-state index < -0.39 is 17.4 Å². The maximum Gasteiger partial charge on any atom is 0.330 e. The molecule has 0 aromatic carbocycles. The van der Waals surface area contributed by atoms with Crippen molar-refractivity contribution in [2.75, 3.05) is 19.8 Å². The van der Waals surface area contributed by atoms with Crippen LogP contribution in [-0.4, -0.2) is 57.3 Å². The van der Waals surface area contributed by atoms with Gasteiger partial charge in [0.05, 0.1) is 25.2 Å². The fourth-order valence-electron chi connectivity index (χ4n) is 0.118. The van der Waals surface area contributed by atoms with Crippen LogP contribution in [0.25, 0.3) is 0 Å². The van der Waals surface area contributed by atoms with Crippen LogP contribution in [0, 0.1) is 10.8 Å². The van der Waals surface area contributed by atoms with Crippen LogP contribution in [0.4, 0.5) is 0 Å². The summed E-state index contributed by atoms with van der Waals surface area (Å²) >= 11 is 0. The predicted molar refractivity (Wildman–Crippen MR) is 78.9 cm³/mol. The molecule has 0 saturated heterocycles. The van der Waals surface area contributed by atoms with Crippen LogP contribution in [0.2, 0.25) is 0 Å². The van der Waals surface area contributed by atoms with Crippen LogP contribution >= 0.6 is 0 Å². The van der Waals surface area contributed by atoms with E-state index in [1.54, 1.807) is 13.8 Å². The molecule has 0 aromatic rings. The van der Waals surface area contributed by atoms with Gasteiger partial charge in [-0.1, -0.05) is 20.4 Å². The van der Waals surface area contributed by atoms with Crippen LogP contribution in [-0.2, 0) is 9.59 Å². The first-order valence-corrected chi connectivity index (χ1v) is 6.22. The van der Waals surface area contributed by atoms with Crippen LogP contribution in [0.3, 0.4) is 0 Å². The standard InChI is InChI=1S/C5H10O3.C5H12O2.C4H6O2/c1-5(2,3-6)4(7)8;1-5(2,3-6)4-7;1-3(2)4(5)6/h6H,3H2,1-2H3,(H,7,8);6-7H,3-4H2,1-2H3;1H2,2H3,(H,5,6). The van der Waals surface area contributed by atoms with E-state index in [1.807, 2.05) is 0 Å². The highest BCUT2D eigenvalue weighted by Crippen LogP contribution is 2.12. The Morgan fingerprint density at radius 1 is 0.905 bits per heavy atom. The summed E-state index contributed by atoms with van der Waals surface area (Å²) in [5.41, 5.74) is -1.12. The molecule has 0 saturated carbocycles. The van der Waals surface area contributed by atoms with Gasteiger partial charge in [-0.2, -0.15) is 0 Å². The Labute approximate surface area is 125 Å². The first-order valence-electron chi connectivity index (χ1n) is 6.22. The number of aliphatic hydroxyl groups excluding tert-OH is 3. The molecule has 0 aliphatic rings. The maximum absolute atomic E-state index is 10.1. The van der Waals surface area contributed by atoms with Crippen molar-refractivity contribution in [2.24, 2.45) is 10.8 Å². The summed E-state index contributed by atoms with van der Waals surface area (Å²) < 4.78 is 0. The lowest BCUT2D eigenvalue weighted by Crippen LogP contribution is -2.27. The van der Waals surface area contributed by atoms with Gasteiger partial charge < -0.3 is 25.5 Å². The van der Waals surface area contributed by atoms with E-state index in [9.17, 15) is 9.59 Å². The summed E-state index contributed by atoms with van der Waals surface area (Å²) in [6.07, 6.45) is 0. The number of aliphatic hydroxyl groups is 3. The quantitative estimate of drug-likeness (QED) is 0.472. The van der Waals surface area contributed by atoms with Gasteiger partial charge >= 0.3 is 11.9 Å². The predicted octanol–water partition coefficient (Wildman–Crippen LogP) is 0.734. The van der Waals surface area contributed by atoms with Crippen LogP contribution in [0.15, 0.2) is 12.2 Å². The molecule has 0 radical (unpaired) electrons. The molecular formula is C14H28O7. The zero-order chi connectivity index (χ0) is 17.9. The van der Waals surface area contributed by atoms with E-state index in [4.69, 9.17) is 25.5 Å². The van der Waals surface area contributed by atoms with Gasteiger partial charge in [0.1, 0.15) is 0 Å². The molecule has 0 bridgehead atoms. The van der Waals surface area contributed by atoms with Crippen molar-refractivity contribution in [1.29, 1.82) is 0 Å². The van der Waals surface area contributed by atoms with Gasteiger partial charge in [0, 0.05) is 11.0 Å². The summed E-state index contributed by atoms with van der Waals surface area (Å²) in [4.78, 5) is 19.7.